The predicted molar refractivity (Wildman–Crippen MR) is 71.4 cm³/mol. The Labute approximate surface area is 117 Å². The first-order chi connectivity index (χ1) is 9.35. The average molecular weight is 304 g/mol. The summed E-state index contributed by atoms with van der Waals surface area (Å²) in [6, 6.07) is 5.49. The molecule has 20 heavy (non-hydrogen) atoms. The first kappa shape index (κ1) is 16.5. The van der Waals surface area contributed by atoms with Gasteiger partial charge in [0, 0.05) is 20.1 Å². The van der Waals surface area contributed by atoms with Crippen LogP contribution in [0, 0.1) is 5.82 Å². The molecule has 0 atom stereocenters. The van der Waals surface area contributed by atoms with Crippen molar-refractivity contribution < 1.29 is 22.3 Å². The van der Waals surface area contributed by atoms with E-state index in [-0.39, 0.29) is 25.3 Å². The summed E-state index contributed by atoms with van der Waals surface area (Å²) in [4.78, 5) is 11.0. The molecule has 0 radical (unpaired) electrons. The quantitative estimate of drug-likeness (QED) is 0.751. The maximum Gasteiger partial charge on any atom is 0.306 e. The lowest BCUT2D eigenvalue weighted by molar-refractivity contribution is -0.140. The summed E-state index contributed by atoms with van der Waals surface area (Å²) in [5.74, 6) is -0.864. The first-order valence-electron chi connectivity index (χ1n) is 5.87. The number of ether oxygens (including phenoxy) is 1. The Kier molecular flexibility index (Phi) is 6.05. The van der Waals surface area contributed by atoms with Gasteiger partial charge in [-0.25, -0.2) is 4.39 Å². The lowest BCUT2D eigenvalue weighted by atomic mass is 10.2. The number of nitrogens with zero attached hydrogens (tertiary/aromatic N) is 1. The highest BCUT2D eigenvalue weighted by Crippen LogP contribution is 2.04. The Morgan fingerprint density at radius 3 is 2.50 bits per heavy atom. The number of carbonyl (C=O) groups excluding carboxylic acids is 1. The van der Waals surface area contributed by atoms with E-state index in [9.17, 15) is 17.6 Å². The van der Waals surface area contributed by atoms with Crippen molar-refractivity contribution in [1.29, 1.82) is 0 Å². The highest BCUT2D eigenvalue weighted by atomic mass is 32.2. The van der Waals surface area contributed by atoms with Gasteiger partial charge in [0.15, 0.2) is 0 Å². The standard InChI is InChI=1S/C12H17FN2O4S/c1-15(8-7-12(16)19-2)20(17,18)14-9-10-3-5-11(13)6-4-10/h3-6,14H,7-9H2,1-2H3. The molecule has 1 aromatic carbocycles. The molecule has 0 saturated heterocycles. The number of methoxy groups -OCH3 is 1. The smallest absolute Gasteiger partial charge is 0.306 e. The van der Waals surface area contributed by atoms with Gasteiger partial charge in [-0.1, -0.05) is 12.1 Å². The van der Waals surface area contributed by atoms with Crippen molar-refractivity contribution in [3.8, 4) is 0 Å². The van der Waals surface area contributed by atoms with E-state index in [1.165, 1.54) is 38.4 Å². The summed E-state index contributed by atoms with van der Waals surface area (Å²) in [5.41, 5.74) is 0.636. The maximum absolute atomic E-state index is 12.7. The molecule has 1 rings (SSSR count). The van der Waals surface area contributed by atoms with Crippen LogP contribution >= 0.6 is 0 Å². The minimum Gasteiger partial charge on any atom is -0.469 e. The van der Waals surface area contributed by atoms with E-state index in [1.54, 1.807) is 0 Å². The molecule has 0 aromatic heterocycles. The summed E-state index contributed by atoms with van der Waals surface area (Å²) in [7, 11) is -1.09. The molecule has 0 amide bonds. The van der Waals surface area contributed by atoms with Gasteiger partial charge in [0.25, 0.3) is 10.2 Å². The minimum absolute atomic E-state index is 0.0193. The van der Waals surface area contributed by atoms with Crippen LogP contribution in [0.4, 0.5) is 4.39 Å². The topological polar surface area (TPSA) is 75.7 Å². The van der Waals surface area contributed by atoms with Crippen molar-refractivity contribution >= 4 is 16.2 Å². The molecule has 0 heterocycles. The monoisotopic (exact) mass is 304 g/mol. The van der Waals surface area contributed by atoms with Gasteiger partial charge < -0.3 is 4.74 Å². The lowest BCUT2D eigenvalue weighted by Gasteiger charge is -2.17. The van der Waals surface area contributed by atoms with Gasteiger partial charge in [-0.3, -0.25) is 4.79 Å². The van der Waals surface area contributed by atoms with E-state index >= 15 is 0 Å². The molecule has 0 spiro atoms. The van der Waals surface area contributed by atoms with E-state index in [2.05, 4.69) is 9.46 Å². The molecule has 112 valence electrons. The van der Waals surface area contributed by atoms with Crippen LogP contribution in [0.15, 0.2) is 24.3 Å². The Hall–Kier alpha value is -1.51. The highest BCUT2D eigenvalue weighted by molar-refractivity contribution is 7.87. The van der Waals surface area contributed by atoms with E-state index in [0.29, 0.717) is 5.56 Å². The van der Waals surface area contributed by atoms with Crippen LogP contribution in [-0.4, -0.2) is 39.4 Å². The maximum atomic E-state index is 12.7. The molecule has 0 aliphatic heterocycles. The number of hydrogen-bond acceptors (Lipinski definition) is 4. The summed E-state index contributed by atoms with van der Waals surface area (Å²) >= 11 is 0. The second-order valence-corrected chi connectivity index (χ2v) is 5.96. The van der Waals surface area contributed by atoms with Crippen LogP contribution in [0.1, 0.15) is 12.0 Å². The molecule has 1 N–H and O–H groups in total. The number of rotatable bonds is 7. The van der Waals surface area contributed by atoms with E-state index < -0.39 is 16.2 Å². The number of halogens is 1. The summed E-state index contributed by atoms with van der Waals surface area (Å²) < 4.78 is 44.2. The molecule has 8 heteroatoms. The van der Waals surface area contributed by atoms with E-state index in [0.717, 1.165) is 4.31 Å². The number of benzene rings is 1. The molecule has 0 saturated carbocycles. The third-order valence-corrected chi connectivity index (χ3v) is 4.15. The minimum atomic E-state index is -3.69. The number of nitrogens with one attached hydrogen (secondary N) is 1. The zero-order chi connectivity index (χ0) is 15.2. The molecule has 0 aliphatic carbocycles. The van der Waals surface area contributed by atoms with Gasteiger partial charge >= 0.3 is 5.97 Å². The Balaban J connectivity index is 2.52. The summed E-state index contributed by atoms with van der Waals surface area (Å²) in [5, 5.41) is 0. The molecule has 0 unspecified atom stereocenters. The zero-order valence-electron chi connectivity index (χ0n) is 11.3. The Morgan fingerprint density at radius 2 is 1.95 bits per heavy atom. The van der Waals surface area contributed by atoms with Crippen molar-refractivity contribution in [3.63, 3.8) is 0 Å². The van der Waals surface area contributed by atoms with Gasteiger partial charge in [-0.05, 0) is 17.7 Å². The summed E-state index contributed by atoms with van der Waals surface area (Å²) in [6.07, 6.45) is -0.0234. The van der Waals surface area contributed by atoms with Gasteiger partial charge in [-0.15, -0.1) is 0 Å². The van der Waals surface area contributed by atoms with Crippen LogP contribution in [0.25, 0.3) is 0 Å². The number of carbonyl (C=O) groups is 1. The van der Waals surface area contributed by atoms with Crippen molar-refractivity contribution in [2.24, 2.45) is 0 Å². The fraction of sp³-hybridized carbons (Fsp3) is 0.417. The molecule has 0 aliphatic rings. The first-order valence-corrected chi connectivity index (χ1v) is 7.31. The normalized spacial score (nSPS) is 11.6. The van der Waals surface area contributed by atoms with Gasteiger partial charge in [-0.2, -0.15) is 17.4 Å². The van der Waals surface area contributed by atoms with Crippen molar-refractivity contribution in [1.82, 2.24) is 9.03 Å². The van der Waals surface area contributed by atoms with E-state index in [4.69, 9.17) is 0 Å². The van der Waals surface area contributed by atoms with Crippen LogP contribution in [0.2, 0.25) is 0 Å². The largest absolute Gasteiger partial charge is 0.469 e. The lowest BCUT2D eigenvalue weighted by Crippen LogP contribution is -2.38. The zero-order valence-corrected chi connectivity index (χ0v) is 12.1. The fourth-order valence-electron chi connectivity index (χ4n) is 1.36. The third-order valence-electron chi connectivity index (χ3n) is 2.64. The van der Waals surface area contributed by atoms with Crippen molar-refractivity contribution in [3.05, 3.63) is 35.6 Å². The number of hydrogen-bond donors (Lipinski definition) is 1. The predicted octanol–water partition coefficient (Wildman–Crippen LogP) is 0.655. The molecular weight excluding hydrogens is 287 g/mol. The molecule has 6 nitrogen and oxygen atoms in total. The SMILES string of the molecule is COC(=O)CCN(C)S(=O)(=O)NCc1ccc(F)cc1. The second kappa shape index (κ2) is 7.32. The third kappa shape index (κ3) is 5.24. The van der Waals surface area contributed by atoms with E-state index in [1.807, 2.05) is 0 Å². The average Bonchev–Trinajstić information content (AvgIpc) is 2.43. The van der Waals surface area contributed by atoms with Crippen LogP contribution < -0.4 is 4.72 Å². The van der Waals surface area contributed by atoms with Crippen molar-refractivity contribution in [2.45, 2.75) is 13.0 Å². The van der Waals surface area contributed by atoms with Crippen LogP contribution in [0.3, 0.4) is 0 Å². The van der Waals surface area contributed by atoms with Crippen LogP contribution in [-0.2, 0) is 26.3 Å². The van der Waals surface area contributed by atoms with Gasteiger partial charge in [0.05, 0.1) is 13.5 Å². The highest BCUT2D eigenvalue weighted by Gasteiger charge is 2.18. The summed E-state index contributed by atoms with van der Waals surface area (Å²) in [6.45, 7) is 0.0661. The second-order valence-electron chi connectivity index (χ2n) is 4.10. The molecule has 0 bridgehead atoms. The molecule has 0 fully saturated rings. The van der Waals surface area contributed by atoms with Gasteiger partial charge in [0.2, 0.25) is 0 Å². The Morgan fingerprint density at radius 1 is 1.35 bits per heavy atom. The van der Waals surface area contributed by atoms with Gasteiger partial charge in [0.1, 0.15) is 5.82 Å². The fourth-order valence-corrected chi connectivity index (χ4v) is 2.26. The van der Waals surface area contributed by atoms with Crippen molar-refractivity contribution in [2.75, 3.05) is 20.7 Å². The van der Waals surface area contributed by atoms with Crippen LogP contribution in [0.5, 0.6) is 0 Å². The Bertz CT molecular complexity index is 545. The molecule has 1 aromatic rings. The number of esters is 1. The molecular formula is C12H17FN2O4S.